The van der Waals surface area contributed by atoms with Gasteiger partial charge in [-0.1, -0.05) is 24.9 Å². The number of nitrogens with one attached hydrogen (secondary N) is 1. The Balaban J connectivity index is 1.93. The summed E-state index contributed by atoms with van der Waals surface area (Å²) in [6.07, 6.45) is 2.90. The van der Waals surface area contributed by atoms with E-state index in [9.17, 15) is 9.50 Å². The van der Waals surface area contributed by atoms with E-state index in [2.05, 4.69) is 15.4 Å². The van der Waals surface area contributed by atoms with Crippen LogP contribution in [0.2, 0.25) is 5.02 Å². The fraction of sp³-hybridized carbons (Fsp3) is 0.571. The molecule has 0 aromatic carbocycles. The summed E-state index contributed by atoms with van der Waals surface area (Å²) < 4.78 is 20.8. The van der Waals surface area contributed by atoms with Crippen LogP contribution >= 0.6 is 11.6 Å². The number of fused-ring (bicyclic) bond motifs is 1. The Morgan fingerprint density at radius 1 is 1.59 bits per heavy atom. The van der Waals surface area contributed by atoms with Gasteiger partial charge >= 0.3 is 0 Å². The first kappa shape index (κ1) is 15.5. The summed E-state index contributed by atoms with van der Waals surface area (Å²) >= 11 is 6.04. The summed E-state index contributed by atoms with van der Waals surface area (Å²) in [5.41, 5.74) is 0.890. The Labute approximate surface area is 132 Å². The van der Waals surface area contributed by atoms with Gasteiger partial charge in [0.05, 0.1) is 30.6 Å². The lowest BCUT2D eigenvalue weighted by molar-refractivity contribution is -0.0136. The average Bonchev–Trinajstić information content (AvgIpc) is 2.75. The smallest absolute Gasteiger partial charge is 0.241 e. The van der Waals surface area contributed by atoms with E-state index in [0.717, 1.165) is 6.42 Å². The van der Waals surface area contributed by atoms with Gasteiger partial charge in [0, 0.05) is 6.61 Å². The van der Waals surface area contributed by atoms with E-state index in [1.807, 2.05) is 6.92 Å². The number of ether oxygens (including phenoxy) is 1. The Bertz CT molecular complexity index is 678. The third-order valence-corrected chi connectivity index (χ3v) is 4.17. The molecule has 120 valence electrons. The lowest BCUT2D eigenvalue weighted by atomic mass is 10.1. The third-order valence-electron chi connectivity index (χ3n) is 3.79. The van der Waals surface area contributed by atoms with Gasteiger partial charge in [-0.2, -0.15) is 0 Å². The molecule has 2 aromatic rings. The van der Waals surface area contributed by atoms with Crippen LogP contribution in [0.4, 0.5) is 10.3 Å². The Kier molecular flexibility index (Phi) is 4.46. The van der Waals surface area contributed by atoms with Gasteiger partial charge in [0.25, 0.3) is 0 Å². The van der Waals surface area contributed by atoms with E-state index in [1.54, 1.807) is 0 Å². The van der Waals surface area contributed by atoms with Crippen LogP contribution in [0.5, 0.6) is 0 Å². The van der Waals surface area contributed by atoms with Crippen molar-refractivity contribution in [3.63, 3.8) is 0 Å². The molecular formula is C14H18ClFN4O2. The van der Waals surface area contributed by atoms with Crippen LogP contribution in [0.3, 0.4) is 0 Å². The van der Waals surface area contributed by atoms with Gasteiger partial charge in [0.15, 0.2) is 5.82 Å². The maximum Gasteiger partial charge on any atom is 0.241 e. The molecule has 3 heterocycles. The van der Waals surface area contributed by atoms with Crippen LogP contribution in [0.15, 0.2) is 6.20 Å². The van der Waals surface area contributed by atoms with E-state index in [-0.39, 0.29) is 23.2 Å². The standard InChI is InChI=1S/C14H18ClFN4O2/c1-2-3-9-12(15)13(16)10-6-17-14(19-20(9)10)18-8-4-5-22-7-11(8)21/h6,8,11,21H,2-5,7H2,1H3,(H,18,19)/t8-,11-/m1/s1. The molecule has 1 aliphatic heterocycles. The second kappa shape index (κ2) is 6.36. The first-order valence-electron chi connectivity index (χ1n) is 7.35. The predicted molar refractivity (Wildman–Crippen MR) is 80.8 cm³/mol. The number of halogens is 2. The van der Waals surface area contributed by atoms with Gasteiger partial charge in [0.1, 0.15) is 10.5 Å². The zero-order valence-corrected chi connectivity index (χ0v) is 13.0. The maximum absolute atomic E-state index is 14.1. The summed E-state index contributed by atoms with van der Waals surface area (Å²) in [4.78, 5) is 4.12. The highest BCUT2D eigenvalue weighted by molar-refractivity contribution is 6.32. The molecule has 1 saturated heterocycles. The molecule has 1 aliphatic rings. The first-order chi connectivity index (χ1) is 10.6. The minimum Gasteiger partial charge on any atom is -0.389 e. The molecule has 0 radical (unpaired) electrons. The number of rotatable bonds is 4. The Morgan fingerprint density at radius 2 is 2.41 bits per heavy atom. The second-order valence-electron chi connectivity index (χ2n) is 5.39. The molecule has 0 amide bonds. The largest absolute Gasteiger partial charge is 0.389 e. The van der Waals surface area contributed by atoms with Crippen molar-refractivity contribution in [1.29, 1.82) is 0 Å². The summed E-state index contributed by atoms with van der Waals surface area (Å²) in [6.45, 7) is 2.85. The molecule has 2 atom stereocenters. The fourth-order valence-corrected chi connectivity index (χ4v) is 2.89. The molecule has 2 aromatic heterocycles. The van der Waals surface area contributed by atoms with Crippen LogP contribution in [0.1, 0.15) is 25.5 Å². The van der Waals surface area contributed by atoms with Crippen LogP contribution in [0.25, 0.3) is 5.52 Å². The zero-order chi connectivity index (χ0) is 15.7. The monoisotopic (exact) mass is 328 g/mol. The predicted octanol–water partition coefficient (Wildman–Crippen LogP) is 2.04. The Hall–Kier alpha value is -1.44. The summed E-state index contributed by atoms with van der Waals surface area (Å²) in [5.74, 6) is -0.162. The van der Waals surface area contributed by atoms with Gasteiger partial charge in [-0.3, -0.25) is 0 Å². The van der Waals surface area contributed by atoms with Crippen molar-refractivity contribution in [3.05, 3.63) is 22.7 Å². The van der Waals surface area contributed by atoms with E-state index in [4.69, 9.17) is 16.3 Å². The summed E-state index contributed by atoms with van der Waals surface area (Å²) in [5, 5.41) is 17.4. The molecule has 22 heavy (non-hydrogen) atoms. The van der Waals surface area contributed by atoms with Gasteiger partial charge in [0.2, 0.25) is 5.95 Å². The third kappa shape index (κ3) is 2.76. The van der Waals surface area contributed by atoms with Crippen LogP contribution < -0.4 is 5.32 Å². The van der Waals surface area contributed by atoms with E-state index in [0.29, 0.717) is 31.1 Å². The van der Waals surface area contributed by atoms with Crippen molar-refractivity contribution in [2.24, 2.45) is 0 Å². The molecule has 6 nitrogen and oxygen atoms in total. The lowest BCUT2D eigenvalue weighted by Crippen LogP contribution is -2.42. The highest BCUT2D eigenvalue weighted by atomic mass is 35.5. The molecule has 3 rings (SSSR count). The molecule has 0 unspecified atom stereocenters. The highest BCUT2D eigenvalue weighted by Gasteiger charge is 2.25. The van der Waals surface area contributed by atoms with Crippen molar-refractivity contribution in [2.75, 3.05) is 18.5 Å². The van der Waals surface area contributed by atoms with Crippen LogP contribution in [0, 0.1) is 5.82 Å². The van der Waals surface area contributed by atoms with Crippen molar-refractivity contribution >= 4 is 23.1 Å². The normalized spacial score (nSPS) is 22.2. The molecule has 2 N–H and O–H groups in total. The van der Waals surface area contributed by atoms with E-state index < -0.39 is 11.9 Å². The summed E-state index contributed by atoms with van der Waals surface area (Å²) in [7, 11) is 0. The van der Waals surface area contributed by atoms with E-state index >= 15 is 0 Å². The zero-order valence-electron chi connectivity index (χ0n) is 12.2. The number of aliphatic hydroxyl groups excluding tert-OH is 1. The summed E-state index contributed by atoms with van der Waals surface area (Å²) in [6, 6.07) is -0.184. The minimum atomic E-state index is -0.617. The SMILES string of the molecule is CCCc1c(Cl)c(F)c2cnc(N[C@@H]3CCOC[C@H]3O)nn12. The average molecular weight is 329 g/mol. The number of aliphatic hydroxyl groups is 1. The number of hydrogen-bond donors (Lipinski definition) is 2. The van der Waals surface area contributed by atoms with Gasteiger partial charge in [-0.05, 0) is 12.8 Å². The number of aromatic nitrogens is 3. The van der Waals surface area contributed by atoms with Crippen molar-refractivity contribution in [3.8, 4) is 0 Å². The fourth-order valence-electron chi connectivity index (χ4n) is 2.61. The van der Waals surface area contributed by atoms with Gasteiger partial charge in [-0.15, -0.1) is 5.10 Å². The molecule has 1 fully saturated rings. The number of aryl methyl sites for hydroxylation is 1. The number of hydrogen-bond acceptors (Lipinski definition) is 5. The minimum absolute atomic E-state index is 0.0967. The molecular weight excluding hydrogens is 311 g/mol. The van der Waals surface area contributed by atoms with Crippen molar-refractivity contribution in [1.82, 2.24) is 14.6 Å². The van der Waals surface area contributed by atoms with Crippen molar-refractivity contribution in [2.45, 2.75) is 38.3 Å². The quantitative estimate of drug-likeness (QED) is 0.898. The van der Waals surface area contributed by atoms with E-state index in [1.165, 1.54) is 10.7 Å². The lowest BCUT2D eigenvalue weighted by Gasteiger charge is -2.28. The highest BCUT2D eigenvalue weighted by Crippen LogP contribution is 2.27. The molecule has 0 aliphatic carbocycles. The molecule has 8 heteroatoms. The number of anilines is 1. The van der Waals surface area contributed by atoms with Crippen molar-refractivity contribution < 1.29 is 14.2 Å². The van der Waals surface area contributed by atoms with Gasteiger partial charge < -0.3 is 15.2 Å². The van der Waals surface area contributed by atoms with Crippen LogP contribution in [-0.4, -0.2) is 45.1 Å². The van der Waals surface area contributed by atoms with Gasteiger partial charge in [-0.25, -0.2) is 13.9 Å². The number of nitrogens with zero attached hydrogens (tertiary/aromatic N) is 3. The topological polar surface area (TPSA) is 71.7 Å². The Morgan fingerprint density at radius 3 is 3.14 bits per heavy atom. The second-order valence-corrected chi connectivity index (χ2v) is 5.76. The van der Waals surface area contributed by atoms with Crippen LogP contribution in [-0.2, 0) is 11.2 Å². The first-order valence-corrected chi connectivity index (χ1v) is 7.73. The molecule has 0 saturated carbocycles. The maximum atomic E-state index is 14.1. The molecule has 0 bridgehead atoms. The molecule has 0 spiro atoms.